The molecule has 0 amide bonds. The normalized spacial score (nSPS) is 16.7. The van der Waals surface area contributed by atoms with Crippen LogP contribution in [0.25, 0.3) is 0 Å². The van der Waals surface area contributed by atoms with E-state index in [1.54, 1.807) is 18.5 Å². The largest absolute Gasteiger partial charge is 0.337 e. The molecule has 21 heavy (non-hydrogen) atoms. The molecule has 122 valence electrons. The van der Waals surface area contributed by atoms with E-state index in [0.29, 0.717) is 12.4 Å². The molecule has 0 unspecified atom stereocenters. The van der Waals surface area contributed by atoms with E-state index >= 15 is 0 Å². The van der Waals surface area contributed by atoms with E-state index in [2.05, 4.69) is 19.9 Å². The van der Waals surface area contributed by atoms with Crippen LogP contribution in [-0.4, -0.2) is 62.1 Å². The highest BCUT2D eigenvalue weighted by molar-refractivity contribution is 7.89. The van der Waals surface area contributed by atoms with Crippen LogP contribution >= 0.6 is 12.4 Å². The summed E-state index contributed by atoms with van der Waals surface area (Å²) in [6, 6.07) is 0. The second-order valence-electron chi connectivity index (χ2n) is 5.08. The average Bonchev–Trinajstić information content (AvgIpc) is 2.77. The minimum Gasteiger partial charge on any atom is -0.337 e. The molecule has 2 N–H and O–H groups in total. The van der Waals surface area contributed by atoms with Gasteiger partial charge in [-0.25, -0.2) is 18.1 Å². The van der Waals surface area contributed by atoms with Crippen LogP contribution in [0.15, 0.2) is 11.2 Å². The van der Waals surface area contributed by atoms with E-state index in [9.17, 15) is 8.42 Å². The second-order valence-corrected chi connectivity index (χ2v) is 6.79. The Morgan fingerprint density at radius 3 is 2.62 bits per heavy atom. The smallest absolute Gasteiger partial charge is 0.259 e. The summed E-state index contributed by atoms with van der Waals surface area (Å²) in [6.07, 6.45) is 2.35. The van der Waals surface area contributed by atoms with Crippen molar-refractivity contribution in [2.45, 2.75) is 18.4 Å². The molecule has 0 saturated carbocycles. The molecule has 1 aliphatic heterocycles. The van der Waals surface area contributed by atoms with Crippen molar-refractivity contribution in [2.75, 3.05) is 39.3 Å². The molecule has 0 aromatic carbocycles. The van der Waals surface area contributed by atoms with Gasteiger partial charge in [-0.3, -0.25) is 0 Å². The van der Waals surface area contributed by atoms with Gasteiger partial charge in [-0.2, -0.15) is 0 Å². The third-order valence-electron chi connectivity index (χ3n) is 3.51. The van der Waals surface area contributed by atoms with Crippen molar-refractivity contribution < 1.29 is 8.42 Å². The number of sulfonamides is 1. The first-order valence-electron chi connectivity index (χ1n) is 6.92. The van der Waals surface area contributed by atoms with Crippen LogP contribution in [0, 0.1) is 6.92 Å². The predicted octanol–water partition coefficient (Wildman–Crippen LogP) is -0.276. The quantitative estimate of drug-likeness (QED) is 0.698. The molecule has 0 atom stereocenters. The summed E-state index contributed by atoms with van der Waals surface area (Å²) in [5, 5.41) is 3.39. The molecular formula is C12H24ClN5O2S. The first-order valence-corrected chi connectivity index (χ1v) is 8.40. The van der Waals surface area contributed by atoms with E-state index in [4.69, 9.17) is 0 Å². The van der Waals surface area contributed by atoms with E-state index in [1.165, 1.54) is 6.20 Å². The number of nitrogens with zero attached hydrogens (tertiary/aromatic N) is 3. The summed E-state index contributed by atoms with van der Waals surface area (Å²) in [6.45, 7) is 7.24. The van der Waals surface area contributed by atoms with E-state index in [0.717, 1.165) is 39.1 Å². The second kappa shape index (κ2) is 8.09. The third-order valence-corrected chi connectivity index (χ3v) is 4.85. The zero-order valence-electron chi connectivity index (χ0n) is 12.5. The Morgan fingerprint density at radius 1 is 1.38 bits per heavy atom. The van der Waals surface area contributed by atoms with Crippen LogP contribution in [0.5, 0.6) is 0 Å². The SMILES string of the molecule is Cc1nc(S(=O)(=O)NCCCN2CCNCC2)cn1C.Cl. The van der Waals surface area contributed by atoms with Crippen LogP contribution < -0.4 is 10.0 Å². The molecule has 7 nitrogen and oxygen atoms in total. The molecule has 0 aliphatic carbocycles. The first-order chi connectivity index (χ1) is 9.49. The minimum atomic E-state index is -3.48. The zero-order valence-corrected chi connectivity index (χ0v) is 14.1. The van der Waals surface area contributed by atoms with Gasteiger partial charge in [0, 0.05) is 46.0 Å². The number of imidazole rings is 1. The van der Waals surface area contributed by atoms with Gasteiger partial charge in [0.15, 0.2) is 5.03 Å². The van der Waals surface area contributed by atoms with Crippen LogP contribution in [0.3, 0.4) is 0 Å². The molecule has 2 rings (SSSR count). The number of rotatable bonds is 6. The monoisotopic (exact) mass is 337 g/mol. The van der Waals surface area contributed by atoms with E-state index in [-0.39, 0.29) is 17.4 Å². The maximum atomic E-state index is 12.0. The lowest BCUT2D eigenvalue weighted by atomic mass is 10.3. The summed E-state index contributed by atoms with van der Waals surface area (Å²) in [5.74, 6) is 0.686. The summed E-state index contributed by atoms with van der Waals surface area (Å²) < 4.78 is 28.4. The third kappa shape index (κ3) is 5.23. The molecule has 9 heteroatoms. The number of hydrogen-bond acceptors (Lipinski definition) is 5. The molecule has 1 aromatic heterocycles. The van der Waals surface area contributed by atoms with Gasteiger partial charge in [0.2, 0.25) is 0 Å². The van der Waals surface area contributed by atoms with E-state index in [1.807, 2.05) is 0 Å². The number of nitrogens with one attached hydrogen (secondary N) is 2. The van der Waals surface area contributed by atoms with Gasteiger partial charge in [-0.15, -0.1) is 12.4 Å². The van der Waals surface area contributed by atoms with Crippen molar-refractivity contribution in [3.8, 4) is 0 Å². The maximum absolute atomic E-state index is 12.0. The highest BCUT2D eigenvalue weighted by atomic mass is 35.5. The molecule has 1 aliphatic rings. The number of aromatic nitrogens is 2. The number of aryl methyl sites for hydroxylation is 2. The summed E-state index contributed by atoms with van der Waals surface area (Å²) >= 11 is 0. The molecule has 1 aromatic rings. The lowest BCUT2D eigenvalue weighted by Gasteiger charge is -2.26. The van der Waals surface area contributed by atoms with Crippen molar-refractivity contribution in [3.63, 3.8) is 0 Å². The van der Waals surface area contributed by atoms with Gasteiger partial charge >= 0.3 is 0 Å². The molecular weight excluding hydrogens is 314 g/mol. The zero-order chi connectivity index (χ0) is 14.6. The van der Waals surface area contributed by atoms with Gasteiger partial charge in [0.05, 0.1) is 0 Å². The Labute approximate surface area is 132 Å². The number of halogens is 1. The van der Waals surface area contributed by atoms with Gasteiger partial charge in [0.25, 0.3) is 10.0 Å². The molecule has 1 fully saturated rings. The highest BCUT2D eigenvalue weighted by Gasteiger charge is 2.18. The fourth-order valence-corrected chi connectivity index (χ4v) is 3.28. The maximum Gasteiger partial charge on any atom is 0.259 e. The van der Waals surface area contributed by atoms with Crippen LogP contribution in [0.4, 0.5) is 0 Å². The lowest BCUT2D eigenvalue weighted by Crippen LogP contribution is -2.44. The molecule has 0 radical (unpaired) electrons. The van der Waals surface area contributed by atoms with Gasteiger partial charge in [0.1, 0.15) is 5.82 Å². The molecule has 0 spiro atoms. The minimum absolute atomic E-state index is 0. The highest BCUT2D eigenvalue weighted by Crippen LogP contribution is 2.07. The number of piperazine rings is 1. The molecule has 1 saturated heterocycles. The van der Waals surface area contributed by atoms with Gasteiger partial charge in [-0.05, 0) is 19.9 Å². The Kier molecular flexibility index (Phi) is 7.08. The summed E-state index contributed by atoms with van der Waals surface area (Å²) in [4.78, 5) is 6.39. The van der Waals surface area contributed by atoms with Crippen molar-refractivity contribution in [3.05, 3.63) is 12.0 Å². The Balaban J connectivity index is 0.00000220. The lowest BCUT2D eigenvalue weighted by molar-refractivity contribution is 0.239. The summed E-state index contributed by atoms with van der Waals surface area (Å²) in [7, 11) is -1.69. The first kappa shape index (κ1) is 18.4. The fourth-order valence-electron chi connectivity index (χ4n) is 2.17. The van der Waals surface area contributed by atoms with E-state index < -0.39 is 10.0 Å². The van der Waals surface area contributed by atoms with Gasteiger partial charge in [-0.1, -0.05) is 0 Å². The van der Waals surface area contributed by atoms with Crippen LogP contribution in [0.2, 0.25) is 0 Å². The Bertz CT molecular complexity index is 520. The molecule has 0 bridgehead atoms. The average molecular weight is 338 g/mol. The summed E-state index contributed by atoms with van der Waals surface area (Å²) in [5.41, 5.74) is 0. The Morgan fingerprint density at radius 2 is 2.05 bits per heavy atom. The van der Waals surface area contributed by atoms with Crippen LogP contribution in [0.1, 0.15) is 12.2 Å². The van der Waals surface area contributed by atoms with Crippen molar-refractivity contribution in [1.29, 1.82) is 0 Å². The van der Waals surface area contributed by atoms with Crippen molar-refractivity contribution in [1.82, 2.24) is 24.5 Å². The van der Waals surface area contributed by atoms with Crippen molar-refractivity contribution >= 4 is 22.4 Å². The standard InChI is InChI=1S/C12H23N5O2S.ClH/c1-11-15-12(10-16(11)2)20(18,19)14-4-3-7-17-8-5-13-6-9-17;/h10,13-14H,3-9H2,1-2H3;1H. The predicted molar refractivity (Wildman–Crippen MR) is 84.3 cm³/mol. The molecule has 2 heterocycles. The number of hydrogen-bond donors (Lipinski definition) is 2. The fraction of sp³-hybridized carbons (Fsp3) is 0.750. The van der Waals surface area contributed by atoms with Gasteiger partial charge < -0.3 is 14.8 Å². The Hall–Kier alpha value is -0.670. The topological polar surface area (TPSA) is 79.3 Å². The van der Waals surface area contributed by atoms with Crippen molar-refractivity contribution in [2.24, 2.45) is 7.05 Å². The van der Waals surface area contributed by atoms with Crippen LogP contribution in [-0.2, 0) is 17.1 Å².